The van der Waals surface area contributed by atoms with E-state index in [2.05, 4.69) is 5.32 Å². The molecule has 1 amide bonds. The maximum absolute atomic E-state index is 12.7. The Hall–Kier alpha value is -2.17. The normalized spacial score (nSPS) is 26.2. The largest absolute Gasteiger partial charge is 0.327 e. The molecule has 136 valence electrons. The van der Waals surface area contributed by atoms with Crippen molar-refractivity contribution in [2.45, 2.75) is 25.3 Å². The molecule has 0 heterocycles. The molecule has 4 rings (SSSR count). The van der Waals surface area contributed by atoms with Crippen LogP contribution in [0.2, 0.25) is 0 Å². The van der Waals surface area contributed by atoms with Crippen LogP contribution < -0.4 is 11.1 Å². The highest BCUT2D eigenvalue weighted by Gasteiger charge is 2.49. The first-order chi connectivity index (χ1) is 12.1. The third kappa shape index (κ3) is 3.39. The van der Waals surface area contributed by atoms with E-state index in [0.717, 1.165) is 19.3 Å². The zero-order chi connectivity index (χ0) is 17.4. The van der Waals surface area contributed by atoms with Crippen molar-refractivity contribution in [3.8, 4) is 0 Å². The Balaban J connectivity index is 0.00000196. The minimum absolute atomic E-state index is 0. The second-order valence-corrected chi connectivity index (χ2v) is 7.20. The highest BCUT2D eigenvalue weighted by molar-refractivity contribution is 6.09. The molecule has 2 aromatic carbocycles. The molecule has 2 fully saturated rings. The Morgan fingerprint density at radius 1 is 0.923 bits per heavy atom. The van der Waals surface area contributed by atoms with E-state index in [0.29, 0.717) is 28.7 Å². The Kier molecular flexibility index (Phi) is 5.44. The molecule has 2 aliphatic rings. The van der Waals surface area contributed by atoms with Gasteiger partial charge in [-0.25, -0.2) is 0 Å². The number of fused-ring (bicyclic) bond motifs is 2. The summed E-state index contributed by atoms with van der Waals surface area (Å²) < 4.78 is 0. The van der Waals surface area contributed by atoms with Crippen LogP contribution in [0.25, 0.3) is 0 Å². The first kappa shape index (κ1) is 18.6. The topological polar surface area (TPSA) is 72.2 Å². The summed E-state index contributed by atoms with van der Waals surface area (Å²) in [7, 11) is 0. The van der Waals surface area contributed by atoms with Gasteiger partial charge in [-0.1, -0.05) is 42.5 Å². The zero-order valence-electron chi connectivity index (χ0n) is 14.4. The summed E-state index contributed by atoms with van der Waals surface area (Å²) in [5.74, 6) is 0.741. The molecule has 2 aliphatic carbocycles. The minimum Gasteiger partial charge on any atom is -0.327 e. The van der Waals surface area contributed by atoms with E-state index in [9.17, 15) is 9.59 Å². The van der Waals surface area contributed by atoms with Crippen molar-refractivity contribution in [3.63, 3.8) is 0 Å². The van der Waals surface area contributed by atoms with Gasteiger partial charge in [0.15, 0.2) is 5.78 Å². The van der Waals surface area contributed by atoms with E-state index in [1.165, 1.54) is 0 Å². The van der Waals surface area contributed by atoms with Crippen molar-refractivity contribution in [2.75, 3.05) is 5.32 Å². The molecular weight excluding hydrogens is 348 g/mol. The van der Waals surface area contributed by atoms with Gasteiger partial charge in [0.05, 0.1) is 5.92 Å². The lowest BCUT2D eigenvalue weighted by Gasteiger charge is -2.27. The van der Waals surface area contributed by atoms with Crippen molar-refractivity contribution in [2.24, 2.45) is 23.5 Å². The summed E-state index contributed by atoms with van der Waals surface area (Å²) in [5.41, 5.74) is 8.12. The van der Waals surface area contributed by atoms with Crippen LogP contribution in [-0.4, -0.2) is 17.7 Å². The van der Waals surface area contributed by atoms with Crippen LogP contribution in [0.5, 0.6) is 0 Å². The lowest BCUT2D eigenvalue weighted by atomic mass is 9.84. The van der Waals surface area contributed by atoms with E-state index in [-0.39, 0.29) is 36.1 Å². The smallest absolute Gasteiger partial charge is 0.229 e. The second kappa shape index (κ2) is 7.60. The molecule has 2 bridgehead atoms. The van der Waals surface area contributed by atoms with Crippen LogP contribution >= 0.6 is 12.4 Å². The lowest BCUT2D eigenvalue weighted by molar-refractivity contribution is -0.121. The number of hydrogen-bond acceptors (Lipinski definition) is 3. The Labute approximate surface area is 159 Å². The molecule has 0 aromatic heterocycles. The van der Waals surface area contributed by atoms with Gasteiger partial charge in [-0.15, -0.1) is 12.4 Å². The number of halogens is 1. The first-order valence-electron chi connectivity index (χ1n) is 8.90. The second-order valence-electron chi connectivity index (χ2n) is 7.20. The average molecular weight is 371 g/mol. The number of amides is 1. The molecule has 0 spiro atoms. The number of hydrogen-bond donors (Lipinski definition) is 2. The van der Waals surface area contributed by atoms with Gasteiger partial charge in [-0.2, -0.15) is 0 Å². The fraction of sp³-hybridized carbons (Fsp3) is 0.333. The summed E-state index contributed by atoms with van der Waals surface area (Å²) in [6, 6.07) is 16.2. The van der Waals surface area contributed by atoms with Gasteiger partial charge in [0.1, 0.15) is 0 Å². The summed E-state index contributed by atoms with van der Waals surface area (Å²) in [4.78, 5) is 25.3. The molecule has 5 heteroatoms. The molecule has 4 unspecified atom stereocenters. The summed E-state index contributed by atoms with van der Waals surface area (Å²) >= 11 is 0. The van der Waals surface area contributed by atoms with Crippen LogP contribution in [0.1, 0.15) is 35.2 Å². The molecule has 3 N–H and O–H groups in total. The number of nitrogens with one attached hydrogen (secondary N) is 1. The van der Waals surface area contributed by atoms with Gasteiger partial charge in [-0.05, 0) is 43.2 Å². The number of rotatable bonds is 4. The Bertz CT molecular complexity index is 807. The van der Waals surface area contributed by atoms with E-state index in [1.807, 2.05) is 24.3 Å². The maximum atomic E-state index is 12.7. The molecule has 2 saturated carbocycles. The molecule has 4 atom stereocenters. The number of carbonyl (C=O) groups is 2. The molecule has 0 radical (unpaired) electrons. The number of ketones is 1. The molecule has 4 nitrogen and oxygen atoms in total. The highest BCUT2D eigenvalue weighted by Crippen LogP contribution is 2.47. The van der Waals surface area contributed by atoms with Gasteiger partial charge < -0.3 is 11.1 Å². The van der Waals surface area contributed by atoms with Crippen LogP contribution in [0.4, 0.5) is 5.69 Å². The van der Waals surface area contributed by atoms with Crippen molar-refractivity contribution < 1.29 is 9.59 Å². The van der Waals surface area contributed by atoms with Crippen LogP contribution in [-0.2, 0) is 4.79 Å². The van der Waals surface area contributed by atoms with Crippen LogP contribution in [0.15, 0.2) is 54.6 Å². The Morgan fingerprint density at radius 3 is 2.31 bits per heavy atom. The van der Waals surface area contributed by atoms with Gasteiger partial charge in [0.2, 0.25) is 5.91 Å². The Morgan fingerprint density at radius 2 is 1.62 bits per heavy atom. The van der Waals surface area contributed by atoms with Crippen LogP contribution in [0, 0.1) is 17.8 Å². The van der Waals surface area contributed by atoms with Gasteiger partial charge in [-0.3, -0.25) is 9.59 Å². The fourth-order valence-electron chi connectivity index (χ4n) is 4.44. The summed E-state index contributed by atoms with van der Waals surface area (Å²) in [6.07, 6.45) is 3.32. The van der Waals surface area contributed by atoms with Gasteiger partial charge in [0.25, 0.3) is 0 Å². The van der Waals surface area contributed by atoms with E-state index in [4.69, 9.17) is 5.73 Å². The van der Waals surface area contributed by atoms with Crippen molar-refractivity contribution in [3.05, 3.63) is 65.7 Å². The average Bonchev–Trinajstić information content (AvgIpc) is 3.23. The number of nitrogens with two attached hydrogens (primary N) is 1. The fourth-order valence-corrected chi connectivity index (χ4v) is 4.44. The number of anilines is 1. The highest BCUT2D eigenvalue weighted by atomic mass is 35.5. The third-order valence-corrected chi connectivity index (χ3v) is 5.71. The monoisotopic (exact) mass is 370 g/mol. The molecular formula is C21H23ClN2O2. The summed E-state index contributed by atoms with van der Waals surface area (Å²) in [5, 5.41) is 2.97. The van der Waals surface area contributed by atoms with Crippen molar-refractivity contribution >= 4 is 29.8 Å². The standard InChI is InChI=1S/C21H22N2O2.ClH/c22-19-15-10-9-14(11-15)18(19)21(25)23-17-8-4-7-16(12-17)20(24)13-5-2-1-3-6-13;/h1-8,12,14-15,18-19H,9-11,22H2,(H,23,25);1H. The molecule has 2 aromatic rings. The molecule has 0 saturated heterocycles. The SMILES string of the molecule is Cl.NC1C2CCC(C2)C1C(=O)Nc1cccc(C(=O)c2ccccc2)c1. The minimum atomic E-state index is -0.104. The predicted octanol–water partition coefficient (Wildman–Crippen LogP) is 3.65. The third-order valence-electron chi connectivity index (χ3n) is 5.71. The maximum Gasteiger partial charge on any atom is 0.229 e. The van der Waals surface area contributed by atoms with Gasteiger partial charge >= 0.3 is 0 Å². The number of benzene rings is 2. The first-order valence-corrected chi connectivity index (χ1v) is 8.90. The molecule has 26 heavy (non-hydrogen) atoms. The van der Waals surface area contributed by atoms with Crippen molar-refractivity contribution in [1.82, 2.24) is 0 Å². The van der Waals surface area contributed by atoms with E-state index < -0.39 is 0 Å². The number of carbonyl (C=O) groups excluding carboxylic acids is 2. The lowest BCUT2D eigenvalue weighted by Crippen LogP contribution is -2.42. The van der Waals surface area contributed by atoms with Crippen molar-refractivity contribution in [1.29, 1.82) is 0 Å². The van der Waals surface area contributed by atoms with Gasteiger partial charge in [0, 0.05) is 22.9 Å². The quantitative estimate of drug-likeness (QED) is 0.807. The summed E-state index contributed by atoms with van der Waals surface area (Å²) in [6.45, 7) is 0. The predicted molar refractivity (Wildman–Crippen MR) is 104 cm³/mol. The molecule has 0 aliphatic heterocycles. The zero-order valence-corrected chi connectivity index (χ0v) is 15.2. The van der Waals surface area contributed by atoms with Crippen LogP contribution in [0.3, 0.4) is 0 Å². The van der Waals surface area contributed by atoms with E-state index in [1.54, 1.807) is 30.3 Å². The van der Waals surface area contributed by atoms with E-state index >= 15 is 0 Å².